The van der Waals surface area contributed by atoms with Crippen LogP contribution in [0.15, 0.2) is 85.2 Å². The van der Waals surface area contributed by atoms with Crippen LogP contribution in [0.2, 0.25) is 0 Å². The van der Waals surface area contributed by atoms with E-state index in [0.29, 0.717) is 41.0 Å². The van der Waals surface area contributed by atoms with Gasteiger partial charge in [-0.3, -0.25) is 9.99 Å². The second-order valence-corrected chi connectivity index (χ2v) is 14.2. The number of benzene rings is 3. The van der Waals surface area contributed by atoms with Crippen LogP contribution in [0.3, 0.4) is 0 Å². The molecule has 1 aromatic heterocycles. The average molecular weight is 709 g/mol. The van der Waals surface area contributed by atoms with Crippen molar-refractivity contribution >= 4 is 46.3 Å². The largest absolute Gasteiger partial charge is 0.479 e. The van der Waals surface area contributed by atoms with E-state index in [4.69, 9.17) is 14.7 Å². The van der Waals surface area contributed by atoms with E-state index in [0.717, 1.165) is 16.0 Å². The molecule has 0 spiro atoms. The SMILES string of the molecule is CN(CCCc1ccc(C(C(=O)O)N(c2ccc3cnccc3c2)N(C(=O)OC(C)(C)C)C(=O)OC(C)(C)C)cc1)C(=O)Nc1cccc(C#N)c1. The summed E-state index contributed by atoms with van der Waals surface area (Å²) in [6.07, 6.45) is 2.17. The molecule has 4 rings (SSSR count). The highest BCUT2D eigenvalue weighted by Gasteiger charge is 2.42. The first kappa shape index (κ1) is 38.6. The van der Waals surface area contributed by atoms with E-state index in [2.05, 4.69) is 10.3 Å². The van der Waals surface area contributed by atoms with Crippen molar-refractivity contribution in [2.75, 3.05) is 23.9 Å². The van der Waals surface area contributed by atoms with Gasteiger partial charge in [-0.2, -0.15) is 5.26 Å². The molecule has 4 aromatic rings. The van der Waals surface area contributed by atoms with Crippen molar-refractivity contribution in [3.8, 4) is 6.07 Å². The number of pyridine rings is 1. The summed E-state index contributed by atoms with van der Waals surface area (Å²) in [5.74, 6) is -1.34. The number of nitrogens with one attached hydrogen (secondary N) is 1. The Hall–Kier alpha value is -6.16. The molecule has 2 N–H and O–H groups in total. The van der Waals surface area contributed by atoms with Gasteiger partial charge in [-0.1, -0.05) is 36.4 Å². The fraction of sp³-hybridized carbons (Fsp3) is 0.333. The molecule has 0 aliphatic heterocycles. The number of urea groups is 1. The highest BCUT2D eigenvalue weighted by molar-refractivity contribution is 5.94. The van der Waals surface area contributed by atoms with Crippen LogP contribution < -0.4 is 10.3 Å². The molecule has 1 atom stereocenters. The van der Waals surface area contributed by atoms with Crippen LogP contribution in [0.1, 0.15) is 70.7 Å². The van der Waals surface area contributed by atoms with E-state index in [1.54, 1.807) is 134 Å². The molecule has 0 bridgehead atoms. The highest BCUT2D eigenvalue weighted by atomic mass is 16.6. The predicted octanol–water partition coefficient (Wildman–Crippen LogP) is 7.92. The highest BCUT2D eigenvalue weighted by Crippen LogP contribution is 2.34. The summed E-state index contributed by atoms with van der Waals surface area (Å²) in [6, 6.07) is 20.3. The first-order valence-electron chi connectivity index (χ1n) is 16.7. The quantitative estimate of drug-likeness (QED) is 0.155. The van der Waals surface area contributed by atoms with Crippen LogP contribution in [-0.2, 0) is 20.7 Å². The second kappa shape index (κ2) is 16.2. The molecule has 0 saturated heterocycles. The molecule has 0 radical (unpaired) electrons. The molecule has 13 heteroatoms. The standard InChI is InChI=1S/C39H44N6O7/c1-38(2,3)51-36(49)45(37(50)52-39(4,5)6)44(32-18-17-30-25-41-20-19-29(30)23-32)33(34(46)47)28-15-13-26(14-16-28)11-9-21-43(7)35(48)42-31-12-8-10-27(22-31)24-40/h8,10,12-20,22-23,25,33H,9,11,21H2,1-7H3,(H,42,48)(H,46,47). The Morgan fingerprint density at radius 1 is 0.885 bits per heavy atom. The minimum atomic E-state index is -1.58. The van der Waals surface area contributed by atoms with E-state index >= 15 is 0 Å². The maximum atomic E-state index is 13.8. The molecule has 13 nitrogen and oxygen atoms in total. The number of nitriles is 1. The Morgan fingerprint density at radius 3 is 2.13 bits per heavy atom. The number of carbonyl (C=O) groups is 4. The normalized spacial score (nSPS) is 11.9. The van der Waals surface area contributed by atoms with Gasteiger partial charge in [0.2, 0.25) is 0 Å². The van der Waals surface area contributed by atoms with Crippen molar-refractivity contribution in [3.05, 3.63) is 102 Å². The zero-order chi connectivity index (χ0) is 38.2. The van der Waals surface area contributed by atoms with Gasteiger partial charge >= 0.3 is 24.2 Å². The van der Waals surface area contributed by atoms with Crippen molar-refractivity contribution in [2.24, 2.45) is 0 Å². The van der Waals surface area contributed by atoms with E-state index < -0.39 is 35.4 Å². The molecule has 4 amide bonds. The summed E-state index contributed by atoms with van der Waals surface area (Å²) >= 11 is 0. The lowest BCUT2D eigenvalue weighted by Crippen LogP contribution is -2.56. The summed E-state index contributed by atoms with van der Waals surface area (Å²) in [4.78, 5) is 59.3. The van der Waals surface area contributed by atoms with Crippen LogP contribution in [0.4, 0.5) is 25.8 Å². The molecule has 0 aliphatic rings. The third kappa shape index (κ3) is 10.4. The Labute approximate surface area is 303 Å². The minimum absolute atomic E-state index is 0.215. The third-order valence-corrected chi connectivity index (χ3v) is 7.56. The minimum Gasteiger partial charge on any atom is -0.479 e. The van der Waals surface area contributed by atoms with E-state index in [1.165, 1.54) is 4.90 Å². The average Bonchev–Trinajstić information content (AvgIpc) is 3.06. The predicted molar refractivity (Wildman–Crippen MR) is 196 cm³/mol. The van der Waals surface area contributed by atoms with Gasteiger partial charge in [0, 0.05) is 37.1 Å². The number of fused-ring (bicyclic) bond motifs is 1. The van der Waals surface area contributed by atoms with Crippen molar-refractivity contribution < 1.29 is 33.8 Å². The first-order chi connectivity index (χ1) is 24.5. The zero-order valence-electron chi connectivity index (χ0n) is 30.4. The number of hydrogen-bond acceptors (Lipinski definition) is 9. The van der Waals surface area contributed by atoms with Crippen LogP contribution in [-0.4, -0.2) is 69.0 Å². The molecular formula is C39H44N6O7. The van der Waals surface area contributed by atoms with Crippen molar-refractivity contribution in [2.45, 2.75) is 71.6 Å². The van der Waals surface area contributed by atoms with Gasteiger partial charge in [0.25, 0.3) is 0 Å². The molecule has 272 valence electrons. The number of ether oxygens (including phenoxy) is 2. The van der Waals surface area contributed by atoms with Gasteiger partial charge in [-0.05, 0) is 107 Å². The molecule has 0 aliphatic carbocycles. The fourth-order valence-electron chi connectivity index (χ4n) is 5.22. The number of aliphatic carboxylic acids is 1. The number of hydrogen-bond donors (Lipinski definition) is 2. The number of imide groups is 1. The smallest absolute Gasteiger partial charge is 0.439 e. The molecule has 0 fully saturated rings. The van der Waals surface area contributed by atoms with Gasteiger partial charge in [0.05, 0.1) is 17.3 Å². The summed E-state index contributed by atoms with van der Waals surface area (Å²) in [5, 5.41) is 25.8. The van der Waals surface area contributed by atoms with Crippen LogP contribution in [0.5, 0.6) is 0 Å². The maximum Gasteiger partial charge on any atom is 0.439 e. The van der Waals surface area contributed by atoms with E-state index in [-0.39, 0.29) is 17.3 Å². The number of carbonyl (C=O) groups excluding carboxylic acids is 3. The molecule has 1 heterocycles. The number of rotatable bonds is 10. The van der Waals surface area contributed by atoms with Crippen molar-refractivity contribution in [1.29, 1.82) is 5.26 Å². The Morgan fingerprint density at radius 2 is 1.54 bits per heavy atom. The lowest BCUT2D eigenvalue weighted by Gasteiger charge is -2.39. The van der Waals surface area contributed by atoms with Gasteiger partial charge in [0.1, 0.15) is 11.2 Å². The Bertz CT molecular complexity index is 1930. The molecular weight excluding hydrogens is 664 g/mol. The number of aryl methyl sites for hydroxylation is 1. The molecule has 1 unspecified atom stereocenters. The number of nitrogens with zero attached hydrogens (tertiary/aromatic N) is 5. The summed E-state index contributed by atoms with van der Waals surface area (Å²) < 4.78 is 11.3. The number of amides is 4. The maximum absolute atomic E-state index is 13.8. The summed E-state index contributed by atoms with van der Waals surface area (Å²) in [7, 11) is 1.67. The molecule has 0 saturated carbocycles. The van der Waals surface area contributed by atoms with Crippen molar-refractivity contribution in [3.63, 3.8) is 0 Å². The zero-order valence-corrected chi connectivity index (χ0v) is 30.4. The molecule has 3 aromatic carbocycles. The third-order valence-electron chi connectivity index (χ3n) is 7.56. The topological polar surface area (TPSA) is 165 Å². The Kier molecular flexibility index (Phi) is 12.1. The summed E-state index contributed by atoms with van der Waals surface area (Å²) in [6.45, 7) is 10.2. The fourth-order valence-corrected chi connectivity index (χ4v) is 5.22. The van der Waals surface area contributed by atoms with E-state index in [9.17, 15) is 24.3 Å². The number of aromatic nitrogens is 1. The van der Waals surface area contributed by atoms with Crippen LogP contribution in [0.25, 0.3) is 10.8 Å². The molecule has 52 heavy (non-hydrogen) atoms. The lowest BCUT2D eigenvalue weighted by molar-refractivity contribution is -0.139. The van der Waals surface area contributed by atoms with Gasteiger partial charge in [-0.15, -0.1) is 5.01 Å². The number of carboxylic acids is 1. The second-order valence-electron chi connectivity index (χ2n) is 14.2. The number of carboxylic acid groups (broad SMARTS) is 1. The van der Waals surface area contributed by atoms with Gasteiger partial charge in [-0.25, -0.2) is 19.2 Å². The number of hydrazine groups is 1. The lowest BCUT2D eigenvalue weighted by atomic mass is 10.0. The number of anilines is 2. The Balaban J connectivity index is 1.64. The first-order valence-corrected chi connectivity index (χ1v) is 16.7. The monoisotopic (exact) mass is 708 g/mol. The van der Waals surface area contributed by atoms with Crippen LogP contribution in [0, 0.1) is 11.3 Å². The van der Waals surface area contributed by atoms with Gasteiger partial charge in [0.15, 0.2) is 6.04 Å². The van der Waals surface area contributed by atoms with Crippen molar-refractivity contribution in [1.82, 2.24) is 14.9 Å². The van der Waals surface area contributed by atoms with Crippen LogP contribution >= 0.6 is 0 Å². The summed E-state index contributed by atoms with van der Waals surface area (Å²) in [5.41, 5.74) is 0.266. The van der Waals surface area contributed by atoms with Gasteiger partial charge < -0.3 is 24.8 Å². The van der Waals surface area contributed by atoms with E-state index in [1.807, 2.05) is 6.07 Å².